The van der Waals surface area contributed by atoms with Gasteiger partial charge in [-0.2, -0.15) is 0 Å². The van der Waals surface area contributed by atoms with Gasteiger partial charge in [0.05, 0.1) is 18.1 Å². The van der Waals surface area contributed by atoms with Crippen molar-refractivity contribution < 1.29 is 9.53 Å². The van der Waals surface area contributed by atoms with E-state index < -0.39 is 0 Å². The van der Waals surface area contributed by atoms with Crippen molar-refractivity contribution in [2.45, 2.75) is 32.7 Å². The molecule has 1 aromatic rings. The molecule has 98 valence electrons. The van der Waals surface area contributed by atoms with Gasteiger partial charge in [-0.15, -0.1) is 0 Å². The maximum absolute atomic E-state index is 12.2. The third-order valence-electron chi connectivity index (χ3n) is 3.54. The van der Waals surface area contributed by atoms with E-state index in [1.165, 1.54) is 0 Å². The molecule has 0 aromatic carbocycles. The van der Waals surface area contributed by atoms with Gasteiger partial charge in [0.15, 0.2) is 0 Å². The van der Waals surface area contributed by atoms with E-state index >= 15 is 0 Å². The minimum absolute atomic E-state index is 0.0140. The highest BCUT2D eigenvalue weighted by Gasteiger charge is 2.50. The van der Waals surface area contributed by atoms with E-state index in [2.05, 4.69) is 10.3 Å². The van der Waals surface area contributed by atoms with E-state index in [-0.39, 0.29) is 17.4 Å². The fourth-order valence-electron chi connectivity index (χ4n) is 2.03. The fourth-order valence-corrected chi connectivity index (χ4v) is 2.03. The smallest absolute Gasteiger partial charge is 0.229 e. The SMILES string of the molecule is COCC1(C(=O)N[C@H](C)c2ccc(C)nc2)CC1. The third kappa shape index (κ3) is 2.70. The highest BCUT2D eigenvalue weighted by molar-refractivity contribution is 5.85. The van der Waals surface area contributed by atoms with Crippen molar-refractivity contribution in [3.8, 4) is 0 Å². The molecule has 4 nitrogen and oxygen atoms in total. The van der Waals surface area contributed by atoms with Crippen molar-refractivity contribution in [2.75, 3.05) is 13.7 Å². The summed E-state index contributed by atoms with van der Waals surface area (Å²) < 4.78 is 5.12. The molecule has 1 atom stereocenters. The highest BCUT2D eigenvalue weighted by Crippen LogP contribution is 2.46. The average Bonchev–Trinajstić information content (AvgIpc) is 3.11. The summed E-state index contributed by atoms with van der Waals surface area (Å²) in [5, 5.41) is 3.04. The fraction of sp³-hybridized carbons (Fsp3) is 0.571. The van der Waals surface area contributed by atoms with Crippen LogP contribution in [0.4, 0.5) is 0 Å². The summed E-state index contributed by atoms with van der Waals surface area (Å²) in [5.74, 6) is 0.0948. The first-order valence-electron chi connectivity index (χ1n) is 6.30. The number of carbonyl (C=O) groups excluding carboxylic acids is 1. The molecule has 0 saturated heterocycles. The van der Waals surface area contributed by atoms with Crippen molar-refractivity contribution in [3.05, 3.63) is 29.6 Å². The van der Waals surface area contributed by atoms with Crippen LogP contribution in [-0.4, -0.2) is 24.6 Å². The second kappa shape index (κ2) is 5.06. The van der Waals surface area contributed by atoms with Crippen molar-refractivity contribution in [2.24, 2.45) is 5.41 Å². The molecule has 0 radical (unpaired) electrons. The number of nitrogens with one attached hydrogen (secondary N) is 1. The van der Waals surface area contributed by atoms with Gasteiger partial charge in [0.1, 0.15) is 0 Å². The average molecular weight is 248 g/mol. The number of aromatic nitrogens is 1. The Morgan fingerprint density at radius 2 is 2.28 bits per heavy atom. The normalized spacial score (nSPS) is 18.2. The number of aryl methyl sites for hydroxylation is 1. The molecule has 0 bridgehead atoms. The monoisotopic (exact) mass is 248 g/mol. The summed E-state index contributed by atoms with van der Waals surface area (Å²) in [6.45, 7) is 4.44. The predicted octanol–water partition coefficient (Wildman–Crippen LogP) is 1.99. The molecule has 1 aliphatic carbocycles. The van der Waals surface area contributed by atoms with Crippen LogP contribution in [0.3, 0.4) is 0 Å². The van der Waals surface area contributed by atoms with Gasteiger partial charge in [0, 0.05) is 19.0 Å². The van der Waals surface area contributed by atoms with Crippen LogP contribution < -0.4 is 5.32 Å². The number of ether oxygens (including phenoxy) is 1. The summed E-state index contributed by atoms with van der Waals surface area (Å²) in [6.07, 6.45) is 3.66. The number of hydrogen-bond acceptors (Lipinski definition) is 3. The second-order valence-electron chi connectivity index (χ2n) is 5.14. The summed E-state index contributed by atoms with van der Waals surface area (Å²) in [6, 6.07) is 3.95. The summed E-state index contributed by atoms with van der Waals surface area (Å²) in [4.78, 5) is 16.4. The quantitative estimate of drug-likeness (QED) is 0.867. The molecule has 1 aromatic heterocycles. The van der Waals surface area contributed by atoms with Crippen molar-refractivity contribution in [3.63, 3.8) is 0 Å². The molecule has 0 unspecified atom stereocenters. The molecule has 1 heterocycles. The molecule has 18 heavy (non-hydrogen) atoms. The number of hydrogen-bond donors (Lipinski definition) is 1. The van der Waals surface area contributed by atoms with Gasteiger partial charge in [-0.05, 0) is 38.3 Å². The number of nitrogens with zero attached hydrogens (tertiary/aromatic N) is 1. The lowest BCUT2D eigenvalue weighted by atomic mass is 10.1. The Balaban J connectivity index is 1.97. The van der Waals surface area contributed by atoms with Crippen LogP contribution in [0.15, 0.2) is 18.3 Å². The topological polar surface area (TPSA) is 51.2 Å². The first kappa shape index (κ1) is 13.0. The molecule has 1 amide bonds. The lowest BCUT2D eigenvalue weighted by Gasteiger charge is -2.19. The van der Waals surface area contributed by atoms with Gasteiger partial charge in [0.25, 0.3) is 0 Å². The number of methoxy groups -OCH3 is 1. The number of pyridine rings is 1. The van der Waals surface area contributed by atoms with Crippen molar-refractivity contribution in [1.29, 1.82) is 0 Å². The molecular weight excluding hydrogens is 228 g/mol. The highest BCUT2D eigenvalue weighted by atomic mass is 16.5. The van der Waals surface area contributed by atoms with E-state index in [0.717, 1.165) is 24.1 Å². The zero-order valence-electron chi connectivity index (χ0n) is 11.2. The molecular formula is C14H20N2O2. The zero-order valence-corrected chi connectivity index (χ0v) is 11.2. The van der Waals surface area contributed by atoms with E-state index in [1.54, 1.807) is 7.11 Å². The van der Waals surface area contributed by atoms with Crippen LogP contribution in [0, 0.1) is 12.3 Å². The lowest BCUT2D eigenvalue weighted by Crippen LogP contribution is -2.36. The largest absolute Gasteiger partial charge is 0.384 e. The van der Waals surface area contributed by atoms with E-state index in [4.69, 9.17) is 4.74 Å². The molecule has 1 fully saturated rings. The van der Waals surface area contributed by atoms with Crippen LogP contribution in [-0.2, 0) is 9.53 Å². The van der Waals surface area contributed by atoms with Gasteiger partial charge < -0.3 is 10.1 Å². The Bertz CT molecular complexity index is 424. The number of amides is 1. The first-order chi connectivity index (χ1) is 8.57. The molecule has 0 aliphatic heterocycles. The van der Waals surface area contributed by atoms with Gasteiger partial charge in [-0.25, -0.2) is 0 Å². The number of rotatable bonds is 5. The Hall–Kier alpha value is -1.42. The maximum atomic E-state index is 12.2. The Morgan fingerprint density at radius 3 is 2.78 bits per heavy atom. The van der Waals surface area contributed by atoms with Crippen LogP contribution >= 0.6 is 0 Å². The van der Waals surface area contributed by atoms with E-state index in [1.807, 2.05) is 32.2 Å². The van der Waals surface area contributed by atoms with Gasteiger partial charge >= 0.3 is 0 Å². The van der Waals surface area contributed by atoms with Gasteiger partial charge in [-0.1, -0.05) is 6.07 Å². The van der Waals surface area contributed by atoms with Crippen LogP contribution in [0.1, 0.15) is 37.1 Å². The lowest BCUT2D eigenvalue weighted by molar-refractivity contribution is -0.128. The van der Waals surface area contributed by atoms with Crippen LogP contribution in [0.5, 0.6) is 0 Å². The summed E-state index contributed by atoms with van der Waals surface area (Å²) >= 11 is 0. The van der Waals surface area contributed by atoms with Gasteiger partial charge in [-0.3, -0.25) is 9.78 Å². The predicted molar refractivity (Wildman–Crippen MR) is 69.1 cm³/mol. The molecule has 1 aliphatic rings. The van der Waals surface area contributed by atoms with Crippen molar-refractivity contribution >= 4 is 5.91 Å². The molecule has 0 spiro atoms. The second-order valence-corrected chi connectivity index (χ2v) is 5.14. The first-order valence-corrected chi connectivity index (χ1v) is 6.30. The van der Waals surface area contributed by atoms with Crippen molar-refractivity contribution in [1.82, 2.24) is 10.3 Å². The summed E-state index contributed by atoms with van der Waals surface area (Å²) in [7, 11) is 1.64. The molecule has 2 rings (SSSR count). The Labute approximate surface area is 108 Å². The zero-order chi connectivity index (χ0) is 13.2. The van der Waals surface area contributed by atoms with Gasteiger partial charge in [0.2, 0.25) is 5.91 Å². The van der Waals surface area contributed by atoms with E-state index in [9.17, 15) is 4.79 Å². The molecule has 1 N–H and O–H groups in total. The van der Waals surface area contributed by atoms with Crippen LogP contribution in [0.2, 0.25) is 0 Å². The molecule has 4 heteroatoms. The number of carbonyl (C=O) groups is 1. The maximum Gasteiger partial charge on any atom is 0.229 e. The molecule has 1 saturated carbocycles. The van der Waals surface area contributed by atoms with E-state index in [0.29, 0.717) is 6.61 Å². The standard InChI is InChI=1S/C14H20N2O2/c1-10-4-5-12(8-15-10)11(2)16-13(17)14(6-7-14)9-18-3/h4-5,8,11H,6-7,9H2,1-3H3,(H,16,17)/t11-/m1/s1. The summed E-state index contributed by atoms with van der Waals surface area (Å²) in [5.41, 5.74) is 1.73. The third-order valence-corrected chi connectivity index (χ3v) is 3.54. The minimum Gasteiger partial charge on any atom is -0.384 e. The Kier molecular flexibility index (Phi) is 3.66. The van der Waals surface area contributed by atoms with Crippen LogP contribution in [0.25, 0.3) is 0 Å². The minimum atomic E-state index is -0.277. The Morgan fingerprint density at radius 1 is 1.56 bits per heavy atom.